The number of nitrogens with one attached hydrogen (secondary N) is 2. The highest BCUT2D eigenvalue weighted by Gasteiger charge is 2.48. The summed E-state index contributed by atoms with van der Waals surface area (Å²) < 4.78 is 10.5. The Labute approximate surface area is 248 Å². The quantitative estimate of drug-likeness (QED) is 0.396. The number of hydrogen-bond donors (Lipinski definition) is 2. The molecule has 0 spiro atoms. The minimum atomic E-state index is -1.01. The number of thioether (sulfide) groups is 1. The molecule has 0 radical (unpaired) electrons. The van der Waals surface area contributed by atoms with Crippen LogP contribution < -0.4 is 10.6 Å². The van der Waals surface area contributed by atoms with Crippen molar-refractivity contribution in [3.8, 4) is 0 Å². The van der Waals surface area contributed by atoms with Crippen molar-refractivity contribution in [2.24, 2.45) is 0 Å². The summed E-state index contributed by atoms with van der Waals surface area (Å²) in [6, 6.07) is 9.71. The fourth-order valence-corrected chi connectivity index (χ4v) is 5.90. The molecule has 2 N–H and O–H groups in total. The van der Waals surface area contributed by atoms with E-state index in [9.17, 15) is 19.2 Å². The summed E-state index contributed by atoms with van der Waals surface area (Å²) in [6.45, 7) is 8.95. The molecule has 2 aromatic carbocycles. The van der Waals surface area contributed by atoms with Crippen LogP contribution in [0.15, 0.2) is 42.5 Å². The first-order valence-electron chi connectivity index (χ1n) is 12.5. The lowest BCUT2D eigenvalue weighted by Crippen LogP contribution is -2.56. The van der Waals surface area contributed by atoms with Gasteiger partial charge in [0, 0.05) is 17.9 Å². The number of benzene rings is 2. The van der Waals surface area contributed by atoms with Crippen LogP contribution in [0.4, 0.5) is 10.5 Å². The zero-order chi connectivity index (χ0) is 29.8. The van der Waals surface area contributed by atoms with Gasteiger partial charge in [-0.05, 0) is 64.4 Å². The smallest absolute Gasteiger partial charge is 0.412 e. The van der Waals surface area contributed by atoms with Gasteiger partial charge in [-0.2, -0.15) is 0 Å². The molecule has 0 saturated carbocycles. The number of anilines is 1. The van der Waals surface area contributed by atoms with Crippen molar-refractivity contribution in [3.05, 3.63) is 63.6 Å². The summed E-state index contributed by atoms with van der Waals surface area (Å²) in [6.07, 6.45) is -0.480. The third-order valence-corrected chi connectivity index (χ3v) is 8.04. The van der Waals surface area contributed by atoms with Gasteiger partial charge in [0.15, 0.2) is 0 Å². The number of methoxy groups -OCH3 is 1. The van der Waals surface area contributed by atoms with E-state index >= 15 is 0 Å². The standard InChI is InChI=1S/C28H33Cl2N3O6S/c1-27(2,3)39-26(37)33-21(15-40-28(33,4)5)23(34)32-20(25(36)38-6)14-16-10-12-17(13-11-16)31-24(35)22-18(29)8-7-9-19(22)30/h7-13,20-21H,14-15H2,1-6H3,(H,31,35)(H,32,34)/t20?,21-/m0/s1. The number of halogens is 2. The first-order chi connectivity index (χ1) is 18.6. The predicted molar refractivity (Wildman–Crippen MR) is 157 cm³/mol. The molecular weight excluding hydrogens is 577 g/mol. The Morgan fingerprint density at radius 3 is 2.23 bits per heavy atom. The molecule has 9 nitrogen and oxygen atoms in total. The van der Waals surface area contributed by atoms with Gasteiger partial charge in [-0.15, -0.1) is 11.8 Å². The summed E-state index contributed by atoms with van der Waals surface area (Å²) in [7, 11) is 1.24. The molecule has 2 atom stereocenters. The van der Waals surface area contributed by atoms with Crippen molar-refractivity contribution in [1.29, 1.82) is 0 Å². The van der Waals surface area contributed by atoms with Crippen molar-refractivity contribution < 1.29 is 28.7 Å². The number of ether oxygens (including phenoxy) is 2. The van der Waals surface area contributed by atoms with Crippen molar-refractivity contribution in [1.82, 2.24) is 10.2 Å². The van der Waals surface area contributed by atoms with Crippen LogP contribution >= 0.6 is 35.0 Å². The minimum absolute atomic E-state index is 0.124. The lowest BCUT2D eigenvalue weighted by atomic mass is 10.0. The summed E-state index contributed by atoms with van der Waals surface area (Å²) in [4.78, 5) is 52.3. The Balaban J connectivity index is 1.71. The van der Waals surface area contributed by atoms with Crippen LogP contribution in [0.5, 0.6) is 0 Å². The fraction of sp³-hybridized carbons (Fsp3) is 0.429. The highest BCUT2D eigenvalue weighted by Crippen LogP contribution is 2.40. The number of carbonyl (C=O) groups excluding carboxylic acids is 4. The largest absolute Gasteiger partial charge is 0.467 e. The van der Waals surface area contributed by atoms with Crippen LogP contribution in [0, 0.1) is 0 Å². The van der Waals surface area contributed by atoms with Crippen LogP contribution in [0.2, 0.25) is 10.0 Å². The number of nitrogens with zero attached hydrogens (tertiary/aromatic N) is 1. The number of carbonyl (C=O) groups is 4. The highest BCUT2D eigenvalue weighted by molar-refractivity contribution is 8.00. The van der Waals surface area contributed by atoms with Gasteiger partial charge in [0.2, 0.25) is 5.91 Å². The molecule has 2 aromatic rings. The molecule has 3 rings (SSSR count). The second kappa shape index (κ2) is 12.7. The van der Waals surface area contributed by atoms with Gasteiger partial charge in [0.05, 0.1) is 27.6 Å². The molecule has 0 aromatic heterocycles. The first-order valence-corrected chi connectivity index (χ1v) is 14.3. The molecule has 1 fully saturated rings. The van der Waals surface area contributed by atoms with Gasteiger partial charge < -0.3 is 20.1 Å². The van der Waals surface area contributed by atoms with Gasteiger partial charge in [-0.1, -0.05) is 41.4 Å². The van der Waals surface area contributed by atoms with Crippen LogP contribution in [0.3, 0.4) is 0 Å². The molecule has 0 bridgehead atoms. The van der Waals surface area contributed by atoms with E-state index < -0.39 is 46.4 Å². The second-order valence-electron chi connectivity index (χ2n) is 10.7. The monoisotopic (exact) mass is 609 g/mol. The molecule has 1 aliphatic heterocycles. The summed E-state index contributed by atoms with van der Waals surface area (Å²) in [5.41, 5.74) is 0.620. The zero-order valence-corrected chi connectivity index (χ0v) is 25.5. The Hall–Kier alpha value is -2.95. The van der Waals surface area contributed by atoms with Gasteiger partial charge in [0.1, 0.15) is 17.7 Å². The number of amides is 3. The fourth-order valence-electron chi connectivity index (χ4n) is 4.13. The van der Waals surface area contributed by atoms with Gasteiger partial charge in [-0.3, -0.25) is 14.5 Å². The lowest BCUT2D eigenvalue weighted by molar-refractivity contribution is -0.145. The van der Waals surface area contributed by atoms with E-state index in [0.717, 1.165) is 0 Å². The maximum atomic E-state index is 13.3. The molecule has 1 aliphatic rings. The third-order valence-electron chi connectivity index (χ3n) is 6.02. The van der Waals surface area contributed by atoms with Crippen molar-refractivity contribution >= 4 is 64.5 Å². The molecule has 1 saturated heterocycles. The maximum absolute atomic E-state index is 13.3. The zero-order valence-electron chi connectivity index (χ0n) is 23.2. The van der Waals surface area contributed by atoms with E-state index in [1.165, 1.54) is 23.8 Å². The van der Waals surface area contributed by atoms with E-state index in [1.807, 2.05) is 13.8 Å². The van der Waals surface area contributed by atoms with Gasteiger partial charge in [0.25, 0.3) is 5.91 Å². The van der Waals surface area contributed by atoms with E-state index in [-0.39, 0.29) is 22.0 Å². The van der Waals surface area contributed by atoms with E-state index in [1.54, 1.807) is 63.2 Å². The number of esters is 1. The summed E-state index contributed by atoms with van der Waals surface area (Å²) in [5, 5.41) is 5.95. The van der Waals surface area contributed by atoms with E-state index in [4.69, 9.17) is 32.7 Å². The van der Waals surface area contributed by atoms with Crippen molar-refractivity contribution in [2.75, 3.05) is 18.2 Å². The van der Waals surface area contributed by atoms with Crippen LogP contribution in [-0.2, 0) is 25.5 Å². The van der Waals surface area contributed by atoms with Gasteiger partial charge in [-0.25, -0.2) is 9.59 Å². The minimum Gasteiger partial charge on any atom is -0.467 e. The summed E-state index contributed by atoms with van der Waals surface area (Å²) in [5.74, 6) is -1.24. The average molecular weight is 611 g/mol. The van der Waals surface area contributed by atoms with Crippen molar-refractivity contribution in [3.63, 3.8) is 0 Å². The van der Waals surface area contributed by atoms with Crippen LogP contribution in [0.1, 0.15) is 50.5 Å². The average Bonchev–Trinajstić information content (AvgIpc) is 3.18. The van der Waals surface area contributed by atoms with E-state index in [2.05, 4.69) is 10.6 Å². The molecule has 1 unspecified atom stereocenters. The molecule has 216 valence electrons. The van der Waals surface area contributed by atoms with E-state index in [0.29, 0.717) is 17.0 Å². The Kier molecular flexibility index (Phi) is 10.0. The predicted octanol–water partition coefficient (Wildman–Crippen LogP) is 5.53. The van der Waals surface area contributed by atoms with Crippen molar-refractivity contribution in [2.45, 2.75) is 63.6 Å². The summed E-state index contributed by atoms with van der Waals surface area (Å²) >= 11 is 13.7. The normalized spacial score (nSPS) is 17.1. The Morgan fingerprint density at radius 1 is 1.07 bits per heavy atom. The Morgan fingerprint density at radius 2 is 1.68 bits per heavy atom. The molecule has 1 heterocycles. The topological polar surface area (TPSA) is 114 Å². The Bertz CT molecular complexity index is 1260. The number of hydrogen-bond acceptors (Lipinski definition) is 7. The number of rotatable bonds is 7. The molecule has 40 heavy (non-hydrogen) atoms. The van der Waals surface area contributed by atoms with Crippen LogP contribution in [-0.4, -0.2) is 64.2 Å². The third kappa shape index (κ3) is 7.83. The second-order valence-corrected chi connectivity index (χ2v) is 13.1. The van der Waals surface area contributed by atoms with Gasteiger partial charge >= 0.3 is 12.1 Å². The maximum Gasteiger partial charge on any atom is 0.412 e. The molecular formula is C28H33Cl2N3O6S. The highest BCUT2D eigenvalue weighted by atomic mass is 35.5. The first kappa shape index (κ1) is 31.6. The molecule has 3 amide bonds. The molecule has 0 aliphatic carbocycles. The lowest BCUT2D eigenvalue weighted by Gasteiger charge is -2.35. The van der Waals surface area contributed by atoms with Crippen LogP contribution in [0.25, 0.3) is 0 Å². The molecule has 12 heteroatoms. The SMILES string of the molecule is COC(=O)C(Cc1ccc(NC(=O)c2c(Cl)cccc2Cl)cc1)NC(=O)[C@@H]1CSC(C)(C)N1C(=O)OC(C)(C)C.